The molecule has 3 N–H and O–H groups in total. The van der Waals surface area contributed by atoms with Crippen LogP contribution in [0.1, 0.15) is 50.9 Å². The van der Waals surface area contributed by atoms with Crippen LogP contribution in [0.25, 0.3) is 0 Å². The highest BCUT2D eigenvalue weighted by molar-refractivity contribution is 6.01. The van der Waals surface area contributed by atoms with E-state index in [2.05, 4.69) is 42.8 Å². The molecule has 0 radical (unpaired) electrons. The first-order chi connectivity index (χ1) is 9.10. The fourth-order valence-electron chi connectivity index (χ4n) is 2.35. The topological polar surface area (TPSA) is 78.9 Å². The summed E-state index contributed by atoms with van der Waals surface area (Å²) in [4.78, 5) is 2.14. The molecule has 19 heavy (non-hydrogen) atoms. The van der Waals surface area contributed by atoms with Gasteiger partial charge in [0.2, 0.25) is 0 Å². The SMILES string of the molecule is CCCN(CC)c1nnc(CC)c(CC)c1C(=N)N. The lowest BCUT2D eigenvalue weighted by Gasteiger charge is -2.25. The second-order valence-corrected chi connectivity index (χ2v) is 4.52. The molecule has 0 saturated carbocycles. The number of anilines is 1. The normalized spacial score (nSPS) is 10.5. The molecule has 0 bridgehead atoms. The van der Waals surface area contributed by atoms with Crippen molar-refractivity contribution < 1.29 is 0 Å². The highest BCUT2D eigenvalue weighted by Crippen LogP contribution is 2.23. The van der Waals surface area contributed by atoms with Crippen molar-refractivity contribution >= 4 is 11.7 Å². The zero-order valence-corrected chi connectivity index (χ0v) is 12.5. The lowest BCUT2D eigenvalue weighted by Crippen LogP contribution is -2.30. The van der Waals surface area contributed by atoms with Gasteiger partial charge in [0, 0.05) is 13.1 Å². The molecule has 0 amide bonds. The molecular weight excluding hydrogens is 238 g/mol. The van der Waals surface area contributed by atoms with E-state index in [4.69, 9.17) is 11.1 Å². The first kappa shape index (κ1) is 15.4. The number of hydrogen-bond acceptors (Lipinski definition) is 4. The third-order valence-corrected chi connectivity index (χ3v) is 3.27. The van der Waals surface area contributed by atoms with Crippen LogP contribution in [0.4, 0.5) is 5.82 Å². The number of aryl methyl sites for hydroxylation is 1. The van der Waals surface area contributed by atoms with Gasteiger partial charge in [-0.1, -0.05) is 20.8 Å². The number of hydrogen-bond donors (Lipinski definition) is 2. The Kier molecular flexibility index (Phi) is 5.73. The largest absolute Gasteiger partial charge is 0.384 e. The van der Waals surface area contributed by atoms with Gasteiger partial charge in [0.05, 0.1) is 11.3 Å². The van der Waals surface area contributed by atoms with Crippen molar-refractivity contribution in [3.05, 3.63) is 16.8 Å². The van der Waals surface area contributed by atoms with Crippen LogP contribution in [0.2, 0.25) is 0 Å². The Hall–Kier alpha value is -1.65. The van der Waals surface area contributed by atoms with Crippen molar-refractivity contribution in [2.45, 2.75) is 47.0 Å². The quantitative estimate of drug-likeness (QED) is 0.583. The maximum atomic E-state index is 7.88. The number of amidine groups is 1. The Balaban J connectivity index is 3.42. The minimum Gasteiger partial charge on any atom is -0.384 e. The average Bonchev–Trinajstić information content (AvgIpc) is 2.42. The van der Waals surface area contributed by atoms with Crippen LogP contribution in [-0.4, -0.2) is 29.1 Å². The van der Waals surface area contributed by atoms with Crippen LogP contribution in [0.5, 0.6) is 0 Å². The summed E-state index contributed by atoms with van der Waals surface area (Å²) < 4.78 is 0. The molecular formula is C14H25N5. The molecule has 0 aliphatic rings. The van der Waals surface area contributed by atoms with E-state index in [9.17, 15) is 0 Å². The van der Waals surface area contributed by atoms with Gasteiger partial charge < -0.3 is 10.6 Å². The highest BCUT2D eigenvalue weighted by atomic mass is 15.3. The van der Waals surface area contributed by atoms with Crippen LogP contribution in [0.3, 0.4) is 0 Å². The second-order valence-electron chi connectivity index (χ2n) is 4.52. The van der Waals surface area contributed by atoms with E-state index < -0.39 is 0 Å². The Morgan fingerprint density at radius 3 is 2.26 bits per heavy atom. The molecule has 0 saturated heterocycles. The van der Waals surface area contributed by atoms with Crippen LogP contribution >= 0.6 is 0 Å². The fourth-order valence-corrected chi connectivity index (χ4v) is 2.35. The summed E-state index contributed by atoms with van der Waals surface area (Å²) in [6.07, 6.45) is 2.67. The van der Waals surface area contributed by atoms with E-state index >= 15 is 0 Å². The summed E-state index contributed by atoms with van der Waals surface area (Å²) in [6.45, 7) is 10.1. The van der Waals surface area contributed by atoms with Crippen LogP contribution < -0.4 is 10.6 Å². The summed E-state index contributed by atoms with van der Waals surface area (Å²) in [5.74, 6) is 0.844. The third kappa shape index (κ3) is 3.22. The Morgan fingerprint density at radius 1 is 1.16 bits per heavy atom. The second kappa shape index (κ2) is 7.07. The van der Waals surface area contributed by atoms with Gasteiger partial charge in [-0.25, -0.2) is 0 Å². The van der Waals surface area contributed by atoms with Gasteiger partial charge in [-0.3, -0.25) is 5.41 Å². The molecule has 1 aromatic rings. The summed E-state index contributed by atoms with van der Waals surface area (Å²) in [5.41, 5.74) is 8.57. The first-order valence-corrected chi connectivity index (χ1v) is 7.08. The van der Waals surface area contributed by atoms with Crippen LogP contribution in [0.15, 0.2) is 0 Å². The predicted octanol–water partition coefficient (Wildman–Crippen LogP) is 2.12. The zero-order valence-electron chi connectivity index (χ0n) is 12.5. The molecule has 106 valence electrons. The van der Waals surface area contributed by atoms with Gasteiger partial charge in [-0.05, 0) is 31.7 Å². The lowest BCUT2D eigenvalue weighted by atomic mass is 10.0. The maximum Gasteiger partial charge on any atom is 0.162 e. The number of nitrogens with zero attached hydrogens (tertiary/aromatic N) is 3. The van der Waals surface area contributed by atoms with Gasteiger partial charge in [0.25, 0.3) is 0 Å². The van der Waals surface area contributed by atoms with Gasteiger partial charge in [-0.15, -0.1) is 5.10 Å². The Labute approximate surface area is 115 Å². The van der Waals surface area contributed by atoms with Crippen molar-refractivity contribution in [1.82, 2.24) is 10.2 Å². The minimum absolute atomic E-state index is 0.0889. The Bertz CT molecular complexity index is 442. The monoisotopic (exact) mass is 263 g/mol. The van der Waals surface area contributed by atoms with Crippen LogP contribution in [0, 0.1) is 5.41 Å². The van der Waals surface area contributed by atoms with E-state index in [1.165, 1.54) is 0 Å². The molecule has 0 atom stereocenters. The van der Waals surface area contributed by atoms with Crippen LogP contribution in [-0.2, 0) is 12.8 Å². The molecule has 1 rings (SSSR count). The van der Waals surface area contributed by atoms with Gasteiger partial charge in [-0.2, -0.15) is 5.10 Å². The number of nitrogen functional groups attached to an aromatic ring is 1. The van der Waals surface area contributed by atoms with Crippen molar-refractivity contribution in [3.63, 3.8) is 0 Å². The van der Waals surface area contributed by atoms with E-state index in [1.54, 1.807) is 0 Å². The van der Waals surface area contributed by atoms with Crippen molar-refractivity contribution in [3.8, 4) is 0 Å². The summed E-state index contributed by atoms with van der Waals surface area (Å²) in [5, 5.41) is 16.5. The molecule has 0 fully saturated rings. The minimum atomic E-state index is 0.0889. The van der Waals surface area contributed by atoms with Gasteiger partial charge >= 0.3 is 0 Å². The summed E-state index contributed by atoms with van der Waals surface area (Å²) >= 11 is 0. The zero-order chi connectivity index (χ0) is 14.4. The molecule has 5 heteroatoms. The maximum absolute atomic E-state index is 7.88. The molecule has 0 aliphatic heterocycles. The molecule has 0 spiro atoms. The van der Waals surface area contributed by atoms with Crippen molar-refractivity contribution in [2.75, 3.05) is 18.0 Å². The average molecular weight is 263 g/mol. The molecule has 0 aliphatic carbocycles. The molecule has 0 aromatic carbocycles. The number of nitrogens with two attached hydrogens (primary N) is 1. The summed E-state index contributed by atoms with van der Waals surface area (Å²) in [6, 6.07) is 0. The van der Waals surface area contributed by atoms with Gasteiger partial charge in [0.1, 0.15) is 5.84 Å². The van der Waals surface area contributed by atoms with Crippen molar-refractivity contribution in [2.24, 2.45) is 5.73 Å². The summed E-state index contributed by atoms with van der Waals surface area (Å²) in [7, 11) is 0. The van der Waals surface area contributed by atoms with E-state index in [1.807, 2.05) is 0 Å². The number of nitrogens with one attached hydrogen (secondary N) is 1. The lowest BCUT2D eigenvalue weighted by molar-refractivity contribution is 0.753. The molecule has 1 aromatic heterocycles. The van der Waals surface area contributed by atoms with Gasteiger partial charge in [0.15, 0.2) is 5.82 Å². The first-order valence-electron chi connectivity index (χ1n) is 7.08. The predicted molar refractivity (Wildman–Crippen MR) is 80.0 cm³/mol. The highest BCUT2D eigenvalue weighted by Gasteiger charge is 2.20. The fraction of sp³-hybridized carbons (Fsp3) is 0.643. The molecule has 0 unspecified atom stereocenters. The van der Waals surface area contributed by atoms with Crippen molar-refractivity contribution in [1.29, 1.82) is 5.41 Å². The van der Waals surface area contributed by atoms with E-state index in [0.29, 0.717) is 0 Å². The smallest absolute Gasteiger partial charge is 0.162 e. The number of aromatic nitrogens is 2. The van der Waals surface area contributed by atoms with E-state index in [-0.39, 0.29) is 5.84 Å². The van der Waals surface area contributed by atoms with E-state index in [0.717, 1.165) is 55.0 Å². The standard InChI is InChI=1S/C14H25N5/c1-5-9-19(8-4)14-12(13(15)16)10(6-2)11(7-3)17-18-14/h5-9H2,1-4H3,(H3,15,16). The number of rotatable bonds is 7. The molecule has 1 heterocycles. The third-order valence-electron chi connectivity index (χ3n) is 3.27. The molecule has 5 nitrogen and oxygen atoms in total. The Morgan fingerprint density at radius 2 is 1.84 bits per heavy atom.